The van der Waals surface area contributed by atoms with Gasteiger partial charge in [-0.25, -0.2) is 0 Å². The summed E-state index contributed by atoms with van der Waals surface area (Å²) >= 11 is 2.11. The van der Waals surface area contributed by atoms with E-state index in [4.69, 9.17) is 0 Å². The first-order valence-corrected chi connectivity index (χ1v) is 9.11. The molecule has 1 nitrogen and oxygen atoms in total. The summed E-state index contributed by atoms with van der Waals surface area (Å²) in [7, 11) is 2.11. The Bertz CT molecular complexity index is 159. The molecule has 0 radical (unpaired) electrons. The molecule has 0 heterocycles. The molecule has 1 unspecified atom stereocenters. The van der Waals surface area contributed by atoms with Crippen LogP contribution in [-0.4, -0.2) is 24.6 Å². The van der Waals surface area contributed by atoms with Crippen LogP contribution in [0.1, 0.15) is 72.1 Å². The zero-order valence-electron chi connectivity index (χ0n) is 13.1. The summed E-state index contributed by atoms with van der Waals surface area (Å²) < 4.78 is 0. The first-order valence-electron chi connectivity index (χ1n) is 7.95. The predicted octanol–water partition coefficient (Wildman–Crippen LogP) is 5.10. The van der Waals surface area contributed by atoms with Crippen molar-refractivity contribution in [3.05, 3.63) is 0 Å². The minimum atomic E-state index is 0.726. The molecular formula is C16H35NS. The molecule has 0 aromatic rings. The van der Waals surface area contributed by atoms with Crippen LogP contribution in [0.25, 0.3) is 0 Å². The van der Waals surface area contributed by atoms with E-state index < -0.39 is 0 Å². The van der Waals surface area contributed by atoms with E-state index in [1.165, 1.54) is 62.9 Å². The average molecular weight is 274 g/mol. The van der Waals surface area contributed by atoms with Crippen molar-refractivity contribution in [2.75, 3.05) is 18.6 Å². The van der Waals surface area contributed by atoms with Gasteiger partial charge in [0.05, 0.1) is 0 Å². The van der Waals surface area contributed by atoms with Gasteiger partial charge in [0.2, 0.25) is 0 Å². The molecule has 0 aromatic heterocycles. The molecule has 0 spiro atoms. The normalized spacial score (nSPS) is 13.2. The summed E-state index contributed by atoms with van der Waals surface area (Å²) in [5.41, 5.74) is 0. The first-order chi connectivity index (χ1) is 8.70. The van der Waals surface area contributed by atoms with Crippen molar-refractivity contribution in [1.82, 2.24) is 5.32 Å². The Labute approximate surface area is 120 Å². The minimum Gasteiger partial charge on any atom is -0.316 e. The largest absolute Gasteiger partial charge is 0.316 e. The fraction of sp³-hybridized carbons (Fsp3) is 1.00. The minimum absolute atomic E-state index is 0.726. The summed E-state index contributed by atoms with van der Waals surface area (Å²) in [5, 5.41) is 3.47. The highest BCUT2D eigenvalue weighted by Crippen LogP contribution is 2.14. The van der Waals surface area contributed by atoms with Crippen LogP contribution in [0.4, 0.5) is 0 Å². The molecule has 0 saturated carbocycles. The highest BCUT2D eigenvalue weighted by Gasteiger charge is 2.06. The first kappa shape index (κ1) is 18.3. The van der Waals surface area contributed by atoms with Gasteiger partial charge in [0.15, 0.2) is 0 Å². The molecule has 0 aliphatic rings. The summed E-state index contributed by atoms with van der Waals surface area (Å²) in [6.07, 6.45) is 11.3. The molecule has 0 saturated heterocycles. The lowest BCUT2D eigenvalue weighted by Crippen LogP contribution is -2.27. The van der Waals surface area contributed by atoms with Gasteiger partial charge in [-0.3, -0.25) is 0 Å². The molecule has 0 amide bonds. The molecule has 110 valence electrons. The van der Waals surface area contributed by atoms with Crippen molar-refractivity contribution >= 4 is 11.8 Å². The number of nitrogens with one attached hydrogen (secondary N) is 1. The van der Waals surface area contributed by atoms with Gasteiger partial charge in [0.25, 0.3) is 0 Å². The van der Waals surface area contributed by atoms with Gasteiger partial charge in [0, 0.05) is 11.8 Å². The van der Waals surface area contributed by atoms with Gasteiger partial charge in [-0.05, 0) is 25.1 Å². The number of unbranched alkanes of at least 4 members (excludes halogenated alkanes) is 6. The van der Waals surface area contributed by atoms with Crippen LogP contribution in [0.3, 0.4) is 0 Å². The molecule has 0 rings (SSSR count). The number of hydrogen-bond acceptors (Lipinski definition) is 2. The molecule has 1 N–H and O–H groups in total. The molecule has 0 bridgehead atoms. The van der Waals surface area contributed by atoms with Crippen LogP contribution in [0.5, 0.6) is 0 Å². The van der Waals surface area contributed by atoms with Crippen LogP contribution in [-0.2, 0) is 0 Å². The zero-order chi connectivity index (χ0) is 13.6. The number of thioether (sulfide) groups is 1. The van der Waals surface area contributed by atoms with Crippen LogP contribution in [0.2, 0.25) is 0 Å². The number of rotatable bonds is 13. The molecule has 0 aliphatic heterocycles. The fourth-order valence-corrected chi connectivity index (χ4v) is 3.33. The average Bonchev–Trinajstić information content (AvgIpc) is 2.35. The fourth-order valence-electron chi connectivity index (χ4n) is 2.10. The van der Waals surface area contributed by atoms with E-state index in [9.17, 15) is 0 Å². The van der Waals surface area contributed by atoms with Crippen molar-refractivity contribution in [1.29, 1.82) is 0 Å². The van der Waals surface area contributed by atoms with E-state index in [1.54, 1.807) is 0 Å². The second-order valence-corrected chi connectivity index (χ2v) is 6.90. The lowest BCUT2D eigenvalue weighted by atomic mass is 10.1. The smallest absolute Gasteiger partial charge is 0.0155 e. The van der Waals surface area contributed by atoms with Gasteiger partial charge < -0.3 is 5.32 Å². The topological polar surface area (TPSA) is 12.0 Å². The van der Waals surface area contributed by atoms with Crippen LogP contribution >= 0.6 is 11.8 Å². The van der Waals surface area contributed by atoms with Crippen LogP contribution < -0.4 is 5.32 Å². The molecule has 18 heavy (non-hydrogen) atoms. The van der Waals surface area contributed by atoms with Gasteiger partial charge in [-0.1, -0.05) is 65.7 Å². The van der Waals surface area contributed by atoms with Crippen molar-refractivity contribution in [2.24, 2.45) is 5.92 Å². The number of hydrogen-bond donors (Lipinski definition) is 1. The highest BCUT2D eigenvalue weighted by molar-refractivity contribution is 7.99. The Balaban J connectivity index is 3.33. The van der Waals surface area contributed by atoms with E-state index in [2.05, 4.69) is 44.9 Å². The van der Waals surface area contributed by atoms with E-state index in [0.717, 1.165) is 12.0 Å². The molecule has 0 aliphatic carbocycles. The van der Waals surface area contributed by atoms with E-state index in [0.29, 0.717) is 0 Å². The van der Waals surface area contributed by atoms with Crippen LogP contribution in [0.15, 0.2) is 0 Å². The van der Waals surface area contributed by atoms with E-state index in [-0.39, 0.29) is 0 Å². The maximum atomic E-state index is 3.47. The summed E-state index contributed by atoms with van der Waals surface area (Å²) in [5.74, 6) is 3.41. The second-order valence-electron chi connectivity index (χ2n) is 5.83. The molecule has 0 aromatic carbocycles. The standard InChI is InChI=1S/C16H35NS/c1-5-6-7-8-9-10-11-12-16(17-4)14-18-13-15(2)3/h15-17H,5-14H2,1-4H3. The molecule has 2 heteroatoms. The second kappa shape index (κ2) is 13.7. The van der Waals surface area contributed by atoms with Crippen molar-refractivity contribution in [3.8, 4) is 0 Å². The van der Waals surface area contributed by atoms with Crippen LogP contribution in [0, 0.1) is 5.92 Å². The van der Waals surface area contributed by atoms with Crippen molar-refractivity contribution in [3.63, 3.8) is 0 Å². The monoisotopic (exact) mass is 273 g/mol. The van der Waals surface area contributed by atoms with Gasteiger partial charge in [-0.15, -0.1) is 0 Å². The van der Waals surface area contributed by atoms with E-state index >= 15 is 0 Å². The van der Waals surface area contributed by atoms with Gasteiger partial charge in [0.1, 0.15) is 0 Å². The summed E-state index contributed by atoms with van der Waals surface area (Å²) in [4.78, 5) is 0. The Morgan fingerprint density at radius 3 is 2.06 bits per heavy atom. The van der Waals surface area contributed by atoms with Gasteiger partial charge >= 0.3 is 0 Å². The van der Waals surface area contributed by atoms with Crippen molar-refractivity contribution < 1.29 is 0 Å². The molecular weight excluding hydrogens is 238 g/mol. The Kier molecular flexibility index (Phi) is 14.0. The lowest BCUT2D eigenvalue weighted by molar-refractivity contribution is 0.511. The SMILES string of the molecule is CCCCCCCCCC(CSCC(C)C)NC. The maximum Gasteiger partial charge on any atom is 0.0155 e. The third-order valence-corrected chi connectivity index (χ3v) is 4.88. The molecule has 1 atom stereocenters. The Hall–Kier alpha value is 0.310. The Morgan fingerprint density at radius 2 is 1.50 bits per heavy atom. The summed E-state index contributed by atoms with van der Waals surface area (Å²) in [6, 6.07) is 0.726. The van der Waals surface area contributed by atoms with E-state index in [1.807, 2.05) is 0 Å². The lowest BCUT2D eigenvalue weighted by Gasteiger charge is -2.16. The third-order valence-electron chi connectivity index (χ3n) is 3.33. The van der Waals surface area contributed by atoms with Crippen molar-refractivity contribution in [2.45, 2.75) is 78.2 Å². The predicted molar refractivity (Wildman–Crippen MR) is 87.6 cm³/mol. The third kappa shape index (κ3) is 12.8. The zero-order valence-corrected chi connectivity index (χ0v) is 14.0. The quantitative estimate of drug-likeness (QED) is 0.468. The maximum absolute atomic E-state index is 3.47. The summed E-state index contributed by atoms with van der Waals surface area (Å²) in [6.45, 7) is 6.89. The molecule has 0 fully saturated rings. The highest BCUT2D eigenvalue weighted by atomic mass is 32.2. The van der Waals surface area contributed by atoms with Gasteiger partial charge in [-0.2, -0.15) is 11.8 Å². The Morgan fingerprint density at radius 1 is 0.889 bits per heavy atom.